The summed E-state index contributed by atoms with van der Waals surface area (Å²) in [5, 5.41) is 3.81. The Morgan fingerprint density at radius 2 is 1.17 bits per heavy atom. The fraction of sp³-hybridized carbons (Fsp3) is 1.00. The highest BCUT2D eigenvalue weighted by Gasteiger charge is 2.09. The molecule has 0 aromatic carbocycles. The van der Waals surface area contributed by atoms with Gasteiger partial charge in [0.1, 0.15) is 0 Å². The van der Waals surface area contributed by atoms with Crippen LogP contribution in [0.1, 0.15) is 109 Å². The summed E-state index contributed by atoms with van der Waals surface area (Å²) in [6, 6.07) is 1.04. The molecule has 0 spiro atoms. The highest BCUT2D eigenvalue weighted by molar-refractivity contribution is 4.70. The lowest BCUT2D eigenvalue weighted by atomic mass is 10.00. The first-order valence-electron chi connectivity index (χ1n) is 11.0. The fourth-order valence-electron chi connectivity index (χ4n) is 3.89. The van der Waals surface area contributed by atoms with Crippen molar-refractivity contribution in [2.45, 2.75) is 121 Å². The molecule has 0 aromatic rings. The molecule has 1 aliphatic rings. The summed E-state index contributed by atoms with van der Waals surface area (Å²) in [7, 11) is 0. The van der Waals surface area contributed by atoms with Crippen LogP contribution in [0.4, 0.5) is 0 Å². The van der Waals surface area contributed by atoms with Gasteiger partial charge in [0.2, 0.25) is 0 Å². The molecule has 1 unspecified atom stereocenters. The van der Waals surface area contributed by atoms with Gasteiger partial charge in [0.15, 0.2) is 0 Å². The third-order valence-electron chi connectivity index (χ3n) is 5.58. The zero-order valence-electron chi connectivity index (χ0n) is 16.2. The Kier molecular flexibility index (Phi) is 14.9. The molecule has 24 heavy (non-hydrogen) atoms. The van der Waals surface area contributed by atoms with Crippen LogP contribution in [0.5, 0.6) is 0 Å². The van der Waals surface area contributed by atoms with Gasteiger partial charge in [-0.05, 0) is 45.2 Å². The lowest BCUT2D eigenvalue weighted by Crippen LogP contribution is -2.34. The van der Waals surface area contributed by atoms with Crippen LogP contribution in [0, 0.1) is 0 Å². The van der Waals surface area contributed by atoms with Crippen molar-refractivity contribution in [1.82, 2.24) is 5.32 Å². The third-order valence-corrected chi connectivity index (χ3v) is 5.58. The van der Waals surface area contributed by atoms with Crippen LogP contribution < -0.4 is 16.8 Å². The fourth-order valence-corrected chi connectivity index (χ4v) is 3.89. The average molecular weight is 340 g/mol. The maximum absolute atomic E-state index is 6.17. The van der Waals surface area contributed by atoms with Crippen molar-refractivity contribution in [3.05, 3.63) is 0 Å². The number of nitrogens with one attached hydrogen (secondary N) is 1. The topological polar surface area (TPSA) is 64.1 Å². The van der Waals surface area contributed by atoms with Gasteiger partial charge in [-0.1, -0.05) is 77.0 Å². The average Bonchev–Trinajstić information content (AvgIpc) is 2.59. The minimum Gasteiger partial charge on any atom is -0.330 e. The Morgan fingerprint density at radius 1 is 0.708 bits per heavy atom. The molecule has 0 radical (unpaired) electrons. The predicted octanol–water partition coefficient (Wildman–Crippen LogP) is 4.88. The van der Waals surface area contributed by atoms with E-state index in [0.29, 0.717) is 6.04 Å². The molecule has 0 aliphatic heterocycles. The smallest absolute Gasteiger partial charge is 0.00670 e. The van der Waals surface area contributed by atoms with Gasteiger partial charge in [-0.15, -0.1) is 0 Å². The highest BCUT2D eigenvalue weighted by atomic mass is 14.9. The van der Waals surface area contributed by atoms with E-state index in [1.54, 1.807) is 0 Å². The van der Waals surface area contributed by atoms with Gasteiger partial charge in [0.25, 0.3) is 0 Å². The summed E-state index contributed by atoms with van der Waals surface area (Å²) in [6.07, 6.45) is 23.2. The molecule has 5 N–H and O–H groups in total. The summed E-state index contributed by atoms with van der Waals surface area (Å²) in [5.74, 6) is 0. The SMILES string of the molecule is NCCCC(N)CCNC1CCCCCCCCCCCCCC1. The number of hydrogen-bond donors (Lipinski definition) is 3. The molecular formula is C21H45N3. The van der Waals surface area contributed by atoms with E-state index in [-0.39, 0.29) is 0 Å². The van der Waals surface area contributed by atoms with Gasteiger partial charge in [0, 0.05) is 12.1 Å². The normalized spacial score (nSPS) is 21.8. The second-order valence-electron chi connectivity index (χ2n) is 7.95. The first kappa shape index (κ1) is 21.9. The largest absolute Gasteiger partial charge is 0.330 e. The van der Waals surface area contributed by atoms with Gasteiger partial charge in [0.05, 0.1) is 0 Å². The van der Waals surface area contributed by atoms with E-state index in [1.807, 2.05) is 0 Å². The van der Waals surface area contributed by atoms with Crippen LogP contribution >= 0.6 is 0 Å². The lowest BCUT2D eigenvalue weighted by molar-refractivity contribution is 0.400. The molecule has 1 rings (SSSR count). The molecule has 0 heterocycles. The van der Waals surface area contributed by atoms with Gasteiger partial charge < -0.3 is 16.8 Å². The van der Waals surface area contributed by atoms with Crippen molar-refractivity contribution >= 4 is 0 Å². The minimum absolute atomic E-state index is 0.323. The second kappa shape index (κ2) is 16.4. The van der Waals surface area contributed by atoms with E-state index in [9.17, 15) is 0 Å². The highest BCUT2D eigenvalue weighted by Crippen LogP contribution is 2.17. The zero-order chi connectivity index (χ0) is 17.3. The maximum atomic E-state index is 6.17. The van der Waals surface area contributed by atoms with Gasteiger partial charge in [-0.2, -0.15) is 0 Å². The van der Waals surface area contributed by atoms with Crippen molar-refractivity contribution in [2.75, 3.05) is 13.1 Å². The molecule has 1 saturated carbocycles. The monoisotopic (exact) mass is 339 g/mol. The first-order valence-corrected chi connectivity index (χ1v) is 11.0. The van der Waals surface area contributed by atoms with Crippen LogP contribution in [0.2, 0.25) is 0 Å². The lowest BCUT2D eigenvalue weighted by Gasteiger charge is -2.20. The van der Waals surface area contributed by atoms with Gasteiger partial charge in [-0.3, -0.25) is 0 Å². The van der Waals surface area contributed by atoms with Gasteiger partial charge >= 0.3 is 0 Å². The summed E-state index contributed by atoms with van der Waals surface area (Å²) in [4.78, 5) is 0. The predicted molar refractivity (Wildman–Crippen MR) is 107 cm³/mol. The van der Waals surface area contributed by atoms with Crippen LogP contribution in [-0.4, -0.2) is 25.2 Å². The molecule has 0 amide bonds. The van der Waals surface area contributed by atoms with Crippen molar-refractivity contribution in [3.8, 4) is 0 Å². The van der Waals surface area contributed by atoms with Crippen molar-refractivity contribution in [2.24, 2.45) is 11.5 Å². The van der Waals surface area contributed by atoms with Crippen molar-refractivity contribution in [3.63, 3.8) is 0 Å². The Morgan fingerprint density at radius 3 is 1.62 bits per heavy atom. The van der Waals surface area contributed by atoms with E-state index < -0.39 is 0 Å². The quantitative estimate of drug-likeness (QED) is 0.619. The summed E-state index contributed by atoms with van der Waals surface area (Å²) in [6.45, 7) is 1.85. The molecule has 0 aromatic heterocycles. The molecule has 3 heteroatoms. The molecule has 3 nitrogen and oxygen atoms in total. The maximum Gasteiger partial charge on any atom is 0.00670 e. The first-order chi connectivity index (χ1) is 11.8. The molecular weight excluding hydrogens is 294 g/mol. The minimum atomic E-state index is 0.323. The van der Waals surface area contributed by atoms with E-state index >= 15 is 0 Å². The zero-order valence-corrected chi connectivity index (χ0v) is 16.2. The van der Waals surface area contributed by atoms with Crippen LogP contribution in [0.25, 0.3) is 0 Å². The number of nitrogens with two attached hydrogens (primary N) is 2. The van der Waals surface area contributed by atoms with E-state index in [4.69, 9.17) is 11.5 Å². The van der Waals surface area contributed by atoms with Crippen molar-refractivity contribution in [1.29, 1.82) is 0 Å². The molecule has 1 aliphatic carbocycles. The second-order valence-corrected chi connectivity index (χ2v) is 7.95. The Hall–Kier alpha value is -0.120. The van der Waals surface area contributed by atoms with Crippen LogP contribution in [-0.2, 0) is 0 Å². The molecule has 0 bridgehead atoms. The molecule has 1 fully saturated rings. The number of hydrogen-bond acceptors (Lipinski definition) is 3. The Labute approximate surface area is 151 Å². The standard InChI is InChI=1S/C21H45N3/c22-18-13-14-20(23)17-19-24-21-15-11-9-7-5-3-1-2-4-6-8-10-12-16-21/h20-21,24H,1-19,22-23H2. The number of rotatable bonds is 7. The van der Waals surface area contributed by atoms with Crippen LogP contribution in [0.3, 0.4) is 0 Å². The van der Waals surface area contributed by atoms with E-state index in [2.05, 4.69) is 5.32 Å². The molecule has 144 valence electrons. The Bertz CT molecular complexity index is 241. The summed E-state index contributed by atoms with van der Waals surface area (Å²) < 4.78 is 0. The third kappa shape index (κ3) is 13.2. The molecule has 1 atom stereocenters. The summed E-state index contributed by atoms with van der Waals surface area (Å²) in [5.41, 5.74) is 11.7. The Balaban J connectivity index is 2.21. The van der Waals surface area contributed by atoms with Gasteiger partial charge in [-0.25, -0.2) is 0 Å². The molecule has 0 saturated heterocycles. The van der Waals surface area contributed by atoms with Crippen LogP contribution in [0.15, 0.2) is 0 Å². The summed E-state index contributed by atoms with van der Waals surface area (Å²) >= 11 is 0. The van der Waals surface area contributed by atoms with E-state index in [1.165, 1.54) is 89.9 Å². The van der Waals surface area contributed by atoms with Crippen molar-refractivity contribution < 1.29 is 0 Å². The van der Waals surface area contributed by atoms with E-state index in [0.717, 1.165) is 38.4 Å².